The van der Waals surface area contributed by atoms with Crippen LogP contribution in [0.1, 0.15) is 27.2 Å². The number of hydrogen-bond donors (Lipinski definition) is 0. The molecule has 0 heterocycles. The van der Waals surface area contributed by atoms with Crippen LogP contribution in [0.4, 0.5) is 0 Å². The maximum absolute atomic E-state index is 3.47. The molecule has 0 aliphatic rings. The highest BCUT2D eigenvalue weighted by Crippen LogP contribution is 2.37. The van der Waals surface area contributed by atoms with E-state index in [2.05, 4.69) is 52.3 Å². The molecule has 0 bridgehead atoms. The molecule has 48 valence electrons. The van der Waals surface area contributed by atoms with Crippen molar-refractivity contribution in [3.63, 3.8) is 0 Å². The van der Waals surface area contributed by atoms with Crippen LogP contribution < -0.4 is 0 Å². The van der Waals surface area contributed by atoms with E-state index in [1.54, 1.807) is 0 Å². The van der Waals surface area contributed by atoms with E-state index >= 15 is 0 Å². The predicted molar refractivity (Wildman–Crippen MR) is 47.9 cm³/mol. The lowest BCUT2D eigenvalue weighted by atomic mass is 9.70. The van der Waals surface area contributed by atoms with Crippen molar-refractivity contribution in [3.8, 4) is 0 Å². The molecule has 0 amide bonds. The Morgan fingerprint density at radius 3 is 1.75 bits per heavy atom. The summed E-state index contributed by atoms with van der Waals surface area (Å²) >= 11 is 6.95. The normalized spacial score (nSPS) is 11.6. The van der Waals surface area contributed by atoms with Gasteiger partial charge >= 0.3 is 4.36 Å². The van der Waals surface area contributed by atoms with Gasteiger partial charge in [-0.15, -0.1) is 31.5 Å². The summed E-state index contributed by atoms with van der Waals surface area (Å²) in [5.41, 5.74) is 0. The van der Waals surface area contributed by atoms with E-state index in [4.69, 9.17) is 0 Å². The van der Waals surface area contributed by atoms with Gasteiger partial charge in [-0.05, 0) is 5.31 Å². The molecule has 0 spiro atoms. The van der Waals surface area contributed by atoms with Crippen LogP contribution in [0.15, 0.2) is 0 Å². The van der Waals surface area contributed by atoms with Crippen LogP contribution in [-0.4, -0.2) is 4.36 Å². The number of rotatable bonds is 2. The first-order chi connectivity index (χ1) is 3.50. The minimum atomic E-state index is 0.375. The van der Waals surface area contributed by atoms with Gasteiger partial charge in [0.15, 0.2) is 0 Å². The van der Waals surface area contributed by atoms with E-state index in [1.165, 1.54) is 6.42 Å². The largest absolute Gasteiger partial charge is 0.304 e. The van der Waals surface area contributed by atoms with Gasteiger partial charge in [-0.3, -0.25) is 0 Å². The second kappa shape index (κ2) is 3.26. The highest BCUT2D eigenvalue weighted by atomic mass is 79.9. The minimum Gasteiger partial charge on any atom is -0.139 e. The molecule has 0 saturated carbocycles. The zero-order valence-electron chi connectivity index (χ0n) is 5.54. The van der Waals surface area contributed by atoms with Gasteiger partial charge in [-0.25, -0.2) is 0 Å². The van der Waals surface area contributed by atoms with Crippen molar-refractivity contribution in [1.29, 1.82) is 0 Å². The van der Waals surface area contributed by atoms with Crippen LogP contribution in [0.25, 0.3) is 0 Å². The molecule has 0 aliphatic carbocycles. The van der Waals surface area contributed by atoms with Gasteiger partial charge in [-0.2, -0.15) is 0 Å². The van der Waals surface area contributed by atoms with Crippen LogP contribution in [0.2, 0.25) is 5.31 Å². The molecule has 0 N–H and O–H groups in total. The smallest absolute Gasteiger partial charge is 0.139 e. The maximum atomic E-state index is 3.47. The lowest BCUT2D eigenvalue weighted by molar-refractivity contribution is 0.650. The van der Waals surface area contributed by atoms with Gasteiger partial charge in [0.05, 0.1) is 0 Å². The van der Waals surface area contributed by atoms with Crippen molar-refractivity contribution in [1.82, 2.24) is 0 Å². The zero-order chi connectivity index (χ0) is 6.78. The molecule has 3 heteroatoms. The monoisotopic (exact) mass is 240 g/mol. The third kappa shape index (κ3) is 2.54. The Hall–Kier alpha value is 1.02. The van der Waals surface area contributed by atoms with E-state index in [9.17, 15) is 0 Å². The average Bonchev–Trinajstić information content (AvgIpc) is 1.67. The number of halogens is 2. The predicted octanol–water partition coefficient (Wildman–Crippen LogP) is 3.45. The Morgan fingerprint density at radius 2 is 1.75 bits per heavy atom. The Morgan fingerprint density at radius 1 is 1.38 bits per heavy atom. The van der Waals surface area contributed by atoms with Crippen LogP contribution in [0.3, 0.4) is 0 Å². The Bertz CT molecular complexity index is 70.8. The van der Waals surface area contributed by atoms with Gasteiger partial charge in [0.25, 0.3) is 0 Å². The van der Waals surface area contributed by atoms with E-state index in [0.717, 1.165) is 0 Å². The molecule has 0 rings (SSSR count). The Kier molecular flexibility index (Phi) is 3.68. The zero-order valence-corrected chi connectivity index (χ0v) is 8.71. The highest BCUT2D eigenvalue weighted by Gasteiger charge is 2.26. The van der Waals surface area contributed by atoms with Gasteiger partial charge in [0.1, 0.15) is 0 Å². The average molecular weight is 242 g/mol. The van der Waals surface area contributed by atoms with Crippen molar-refractivity contribution in [2.45, 2.75) is 32.5 Å². The molecular weight excluding hydrogens is 231 g/mol. The molecule has 0 radical (unpaired) electrons. The molecule has 0 saturated heterocycles. The summed E-state index contributed by atoms with van der Waals surface area (Å²) in [6.07, 6.45) is 1.19. The fourth-order valence-corrected chi connectivity index (χ4v) is 0.802. The molecule has 0 atom stereocenters. The van der Waals surface area contributed by atoms with E-state index < -0.39 is 0 Å². The summed E-state index contributed by atoms with van der Waals surface area (Å²) in [7, 11) is 0. The number of hydrogen-bond acceptors (Lipinski definition) is 0. The second-order valence-corrected chi connectivity index (χ2v) is 5.70. The second-order valence-electron chi connectivity index (χ2n) is 2.64. The molecule has 8 heavy (non-hydrogen) atoms. The summed E-state index contributed by atoms with van der Waals surface area (Å²) < 4.78 is 0.437. The summed E-state index contributed by atoms with van der Waals surface area (Å²) in [5.74, 6) is 0. The minimum absolute atomic E-state index is 0.375. The molecular formula is C5H11BBr2. The fourth-order valence-electron chi connectivity index (χ4n) is 0.154. The standard InChI is InChI=1S/C5H11BBr2/c1-4-5(2,3)6(7)8/h4H2,1-3H3. The maximum Gasteiger partial charge on any atom is 0.304 e. The van der Waals surface area contributed by atoms with Gasteiger partial charge < -0.3 is 0 Å². The molecule has 0 nitrogen and oxygen atoms in total. The molecule has 0 aliphatic heterocycles. The first-order valence-corrected chi connectivity index (χ1v) is 4.62. The van der Waals surface area contributed by atoms with Crippen LogP contribution >= 0.6 is 31.5 Å². The van der Waals surface area contributed by atoms with Crippen molar-refractivity contribution in [2.75, 3.05) is 0 Å². The quantitative estimate of drug-likeness (QED) is 0.650. The SMILES string of the molecule is CCC(C)(C)B(Br)Br. The molecule has 0 aromatic heterocycles. The van der Waals surface area contributed by atoms with Gasteiger partial charge in [-0.1, -0.05) is 27.2 Å². The highest BCUT2D eigenvalue weighted by molar-refractivity contribution is 9.49. The van der Waals surface area contributed by atoms with Crippen molar-refractivity contribution < 1.29 is 0 Å². The first-order valence-electron chi connectivity index (χ1n) is 2.79. The molecule has 0 aromatic carbocycles. The van der Waals surface area contributed by atoms with Gasteiger partial charge in [0.2, 0.25) is 0 Å². The Labute approximate surface area is 68.4 Å². The fraction of sp³-hybridized carbons (Fsp3) is 1.00. The summed E-state index contributed by atoms with van der Waals surface area (Å²) in [5, 5.41) is 0.375. The Balaban J connectivity index is 3.71. The lowest BCUT2D eigenvalue weighted by Crippen LogP contribution is -2.13. The van der Waals surface area contributed by atoms with Crippen molar-refractivity contribution in [2.24, 2.45) is 0 Å². The summed E-state index contributed by atoms with van der Waals surface area (Å²) in [6, 6.07) is 0. The van der Waals surface area contributed by atoms with Crippen molar-refractivity contribution >= 4 is 35.9 Å². The van der Waals surface area contributed by atoms with Crippen LogP contribution in [-0.2, 0) is 0 Å². The molecule has 0 unspecified atom stereocenters. The third-order valence-electron chi connectivity index (χ3n) is 1.50. The first kappa shape index (κ1) is 9.02. The summed E-state index contributed by atoms with van der Waals surface area (Å²) in [4.78, 5) is 0. The van der Waals surface area contributed by atoms with E-state index in [-0.39, 0.29) is 0 Å². The topological polar surface area (TPSA) is 0 Å². The van der Waals surface area contributed by atoms with E-state index in [0.29, 0.717) is 9.68 Å². The van der Waals surface area contributed by atoms with E-state index in [1.807, 2.05) is 0 Å². The lowest BCUT2D eigenvalue weighted by Gasteiger charge is -2.21. The molecule has 0 aromatic rings. The van der Waals surface area contributed by atoms with Crippen molar-refractivity contribution in [3.05, 3.63) is 0 Å². The summed E-state index contributed by atoms with van der Waals surface area (Å²) in [6.45, 7) is 6.64. The van der Waals surface area contributed by atoms with Crippen LogP contribution in [0.5, 0.6) is 0 Å². The van der Waals surface area contributed by atoms with Crippen LogP contribution in [0, 0.1) is 0 Å². The third-order valence-corrected chi connectivity index (χ3v) is 3.98. The van der Waals surface area contributed by atoms with Gasteiger partial charge in [0, 0.05) is 0 Å². The molecule has 0 fully saturated rings.